The minimum atomic E-state index is -0.458. The van der Waals surface area contributed by atoms with Crippen LogP contribution in [0.4, 0.5) is 4.79 Å². The van der Waals surface area contributed by atoms with E-state index in [9.17, 15) is 4.79 Å². The van der Waals surface area contributed by atoms with Crippen molar-refractivity contribution in [2.24, 2.45) is 0 Å². The number of aryl methyl sites for hydroxylation is 1. The first kappa shape index (κ1) is 18.3. The standard InChI is InChI=1S/C18H29NO3/c1-6-14(2)21-16-12-8-7-10-15(16)11-9-13-19-17(20)22-18(3,4)5/h7-8,10,12,14H,6,9,11,13H2,1-5H3,(H,19,20)/t14-/m1/s1. The van der Waals surface area contributed by atoms with E-state index in [0.29, 0.717) is 6.54 Å². The van der Waals surface area contributed by atoms with Crippen LogP contribution in [0, 0.1) is 0 Å². The Hall–Kier alpha value is -1.71. The van der Waals surface area contributed by atoms with Gasteiger partial charge in [-0.3, -0.25) is 0 Å². The van der Waals surface area contributed by atoms with Crippen LogP contribution in [-0.4, -0.2) is 24.3 Å². The molecule has 22 heavy (non-hydrogen) atoms. The summed E-state index contributed by atoms with van der Waals surface area (Å²) >= 11 is 0. The average molecular weight is 307 g/mol. The molecule has 0 aromatic heterocycles. The number of carbonyl (C=O) groups excluding carboxylic acids is 1. The maximum atomic E-state index is 11.6. The second kappa shape index (κ2) is 8.66. The van der Waals surface area contributed by atoms with Gasteiger partial charge in [0.25, 0.3) is 0 Å². The fourth-order valence-electron chi connectivity index (χ4n) is 1.91. The summed E-state index contributed by atoms with van der Waals surface area (Å²) in [6.45, 7) is 10.3. The zero-order valence-corrected chi connectivity index (χ0v) is 14.4. The summed E-state index contributed by atoms with van der Waals surface area (Å²) in [5, 5.41) is 2.78. The van der Waals surface area contributed by atoms with Crippen LogP contribution in [0.25, 0.3) is 0 Å². The predicted molar refractivity (Wildman–Crippen MR) is 89.4 cm³/mol. The monoisotopic (exact) mass is 307 g/mol. The van der Waals surface area contributed by atoms with Crippen molar-refractivity contribution >= 4 is 6.09 Å². The zero-order chi connectivity index (χ0) is 16.6. The zero-order valence-electron chi connectivity index (χ0n) is 14.4. The minimum absolute atomic E-state index is 0.209. The van der Waals surface area contributed by atoms with E-state index < -0.39 is 5.60 Å². The molecule has 0 aliphatic carbocycles. The van der Waals surface area contributed by atoms with E-state index in [2.05, 4.69) is 25.2 Å². The Labute approximate surface area is 134 Å². The molecule has 0 aliphatic rings. The lowest BCUT2D eigenvalue weighted by molar-refractivity contribution is 0.0527. The molecule has 1 atom stereocenters. The summed E-state index contributed by atoms with van der Waals surface area (Å²) < 4.78 is 11.1. The highest BCUT2D eigenvalue weighted by molar-refractivity contribution is 5.67. The van der Waals surface area contributed by atoms with Crippen molar-refractivity contribution in [1.82, 2.24) is 5.32 Å². The van der Waals surface area contributed by atoms with Crippen molar-refractivity contribution in [3.8, 4) is 5.75 Å². The molecule has 1 rings (SSSR count). The number of nitrogens with one attached hydrogen (secondary N) is 1. The Bertz CT molecular complexity index is 466. The van der Waals surface area contributed by atoms with Crippen molar-refractivity contribution in [2.45, 2.75) is 65.6 Å². The number of benzene rings is 1. The van der Waals surface area contributed by atoms with Crippen LogP contribution in [0.15, 0.2) is 24.3 Å². The number of para-hydroxylation sites is 1. The molecule has 1 aromatic carbocycles. The molecule has 1 amide bonds. The van der Waals surface area contributed by atoms with Gasteiger partial charge in [0.15, 0.2) is 0 Å². The summed E-state index contributed by atoms with van der Waals surface area (Å²) in [5.74, 6) is 0.939. The second-order valence-corrected chi connectivity index (χ2v) is 6.48. The summed E-state index contributed by atoms with van der Waals surface area (Å²) in [4.78, 5) is 11.6. The highest BCUT2D eigenvalue weighted by Gasteiger charge is 2.15. The normalized spacial score (nSPS) is 12.6. The number of carbonyl (C=O) groups is 1. The highest BCUT2D eigenvalue weighted by atomic mass is 16.6. The number of rotatable bonds is 7. The van der Waals surface area contributed by atoms with Gasteiger partial charge in [-0.1, -0.05) is 25.1 Å². The van der Waals surface area contributed by atoms with Gasteiger partial charge < -0.3 is 14.8 Å². The summed E-state index contributed by atoms with van der Waals surface area (Å²) in [6.07, 6.45) is 2.54. The Morgan fingerprint density at radius 1 is 1.27 bits per heavy atom. The molecule has 0 saturated carbocycles. The van der Waals surface area contributed by atoms with Gasteiger partial charge >= 0.3 is 6.09 Å². The van der Waals surface area contributed by atoms with Crippen LogP contribution < -0.4 is 10.1 Å². The smallest absolute Gasteiger partial charge is 0.407 e. The first-order valence-corrected chi connectivity index (χ1v) is 8.03. The lowest BCUT2D eigenvalue weighted by Crippen LogP contribution is -2.33. The van der Waals surface area contributed by atoms with Gasteiger partial charge in [-0.05, 0) is 58.6 Å². The SMILES string of the molecule is CC[C@@H](C)Oc1ccccc1CCCNC(=O)OC(C)(C)C. The third-order valence-electron chi connectivity index (χ3n) is 3.17. The average Bonchev–Trinajstić information content (AvgIpc) is 2.43. The van der Waals surface area contributed by atoms with Gasteiger partial charge in [-0.15, -0.1) is 0 Å². The molecular formula is C18H29NO3. The molecule has 0 unspecified atom stereocenters. The summed E-state index contributed by atoms with van der Waals surface area (Å²) in [7, 11) is 0. The number of hydrogen-bond acceptors (Lipinski definition) is 3. The maximum absolute atomic E-state index is 11.6. The molecule has 0 fully saturated rings. The van der Waals surface area contributed by atoms with E-state index in [1.54, 1.807) is 0 Å². The van der Waals surface area contributed by atoms with Gasteiger partial charge in [0.05, 0.1) is 6.10 Å². The lowest BCUT2D eigenvalue weighted by Gasteiger charge is -2.19. The Morgan fingerprint density at radius 2 is 1.95 bits per heavy atom. The number of amides is 1. The third-order valence-corrected chi connectivity index (χ3v) is 3.17. The number of hydrogen-bond donors (Lipinski definition) is 1. The van der Waals surface area contributed by atoms with Crippen molar-refractivity contribution in [2.75, 3.05) is 6.54 Å². The summed E-state index contributed by atoms with van der Waals surface area (Å²) in [6, 6.07) is 8.08. The molecule has 1 aromatic rings. The molecule has 1 N–H and O–H groups in total. The van der Waals surface area contributed by atoms with Crippen LogP contribution in [-0.2, 0) is 11.2 Å². The third kappa shape index (κ3) is 7.34. The Kier molecular flexibility index (Phi) is 7.22. The molecule has 0 spiro atoms. The van der Waals surface area contributed by atoms with Crippen LogP contribution >= 0.6 is 0 Å². The topological polar surface area (TPSA) is 47.6 Å². The predicted octanol–water partition coefficient (Wildman–Crippen LogP) is 4.32. The van der Waals surface area contributed by atoms with E-state index in [1.165, 1.54) is 5.56 Å². The Balaban J connectivity index is 2.40. The number of alkyl carbamates (subject to hydrolysis) is 1. The largest absolute Gasteiger partial charge is 0.490 e. The fraction of sp³-hybridized carbons (Fsp3) is 0.611. The van der Waals surface area contributed by atoms with Crippen LogP contribution in [0.5, 0.6) is 5.75 Å². The van der Waals surface area contributed by atoms with E-state index >= 15 is 0 Å². The van der Waals surface area contributed by atoms with Crippen molar-refractivity contribution in [1.29, 1.82) is 0 Å². The lowest BCUT2D eigenvalue weighted by atomic mass is 10.1. The first-order valence-electron chi connectivity index (χ1n) is 8.03. The molecule has 4 heteroatoms. The van der Waals surface area contributed by atoms with Gasteiger partial charge in [0, 0.05) is 6.54 Å². The molecule has 0 aliphatic heterocycles. The first-order chi connectivity index (χ1) is 10.3. The molecular weight excluding hydrogens is 278 g/mol. The van der Waals surface area contributed by atoms with E-state index in [-0.39, 0.29) is 12.2 Å². The molecule has 0 heterocycles. The van der Waals surface area contributed by atoms with E-state index in [4.69, 9.17) is 9.47 Å². The van der Waals surface area contributed by atoms with Crippen LogP contribution in [0.2, 0.25) is 0 Å². The van der Waals surface area contributed by atoms with Crippen LogP contribution in [0.3, 0.4) is 0 Å². The molecule has 124 valence electrons. The van der Waals surface area contributed by atoms with Crippen molar-refractivity contribution in [3.05, 3.63) is 29.8 Å². The van der Waals surface area contributed by atoms with E-state index in [1.807, 2.05) is 39.0 Å². The quantitative estimate of drug-likeness (QED) is 0.763. The maximum Gasteiger partial charge on any atom is 0.407 e. The fourth-order valence-corrected chi connectivity index (χ4v) is 1.91. The highest BCUT2D eigenvalue weighted by Crippen LogP contribution is 2.21. The van der Waals surface area contributed by atoms with Gasteiger partial charge in [0.2, 0.25) is 0 Å². The van der Waals surface area contributed by atoms with Crippen molar-refractivity contribution in [3.63, 3.8) is 0 Å². The van der Waals surface area contributed by atoms with Crippen LogP contribution in [0.1, 0.15) is 53.0 Å². The molecule has 0 radical (unpaired) electrons. The van der Waals surface area contributed by atoms with Crippen molar-refractivity contribution < 1.29 is 14.3 Å². The van der Waals surface area contributed by atoms with Gasteiger partial charge in [-0.25, -0.2) is 4.79 Å². The van der Waals surface area contributed by atoms with E-state index in [0.717, 1.165) is 25.0 Å². The Morgan fingerprint density at radius 3 is 2.59 bits per heavy atom. The molecule has 0 saturated heterocycles. The minimum Gasteiger partial charge on any atom is -0.490 e. The van der Waals surface area contributed by atoms with Gasteiger partial charge in [0.1, 0.15) is 11.4 Å². The molecule has 4 nitrogen and oxygen atoms in total. The second-order valence-electron chi connectivity index (χ2n) is 6.48. The summed E-state index contributed by atoms with van der Waals surface area (Å²) in [5.41, 5.74) is 0.717. The molecule has 0 bridgehead atoms. The van der Waals surface area contributed by atoms with Gasteiger partial charge in [-0.2, -0.15) is 0 Å². The number of ether oxygens (including phenoxy) is 2.